The van der Waals surface area contributed by atoms with Crippen LogP contribution in [-0.2, 0) is 17.9 Å². The highest BCUT2D eigenvalue weighted by molar-refractivity contribution is 5.78. The van der Waals surface area contributed by atoms with Crippen molar-refractivity contribution in [2.75, 3.05) is 6.54 Å². The Morgan fingerprint density at radius 1 is 1.00 bits per heavy atom. The summed E-state index contributed by atoms with van der Waals surface area (Å²) in [7, 11) is 0. The molecular weight excluding hydrogens is 314 g/mol. The van der Waals surface area contributed by atoms with Crippen molar-refractivity contribution in [2.24, 2.45) is 0 Å². The SMILES string of the molecule is Cc1ccc2c(c1)[nH]c(=O)n2Cc1ccc(CN2CCCC2=O)cc1. The van der Waals surface area contributed by atoms with Gasteiger partial charge >= 0.3 is 5.69 Å². The van der Waals surface area contributed by atoms with E-state index in [0.717, 1.165) is 40.7 Å². The van der Waals surface area contributed by atoms with Gasteiger partial charge in [0.1, 0.15) is 0 Å². The lowest BCUT2D eigenvalue weighted by molar-refractivity contribution is -0.128. The van der Waals surface area contributed by atoms with E-state index in [1.165, 1.54) is 0 Å². The number of nitrogens with one attached hydrogen (secondary N) is 1. The number of aryl methyl sites for hydroxylation is 1. The van der Waals surface area contributed by atoms with Crippen LogP contribution in [0, 0.1) is 6.92 Å². The Balaban J connectivity index is 1.54. The second-order valence-electron chi connectivity index (χ2n) is 6.77. The highest BCUT2D eigenvalue weighted by Gasteiger charge is 2.19. The number of rotatable bonds is 4. The molecule has 0 aliphatic carbocycles. The van der Waals surface area contributed by atoms with Gasteiger partial charge in [0.2, 0.25) is 5.91 Å². The monoisotopic (exact) mass is 335 g/mol. The molecule has 2 heterocycles. The van der Waals surface area contributed by atoms with Crippen molar-refractivity contribution in [2.45, 2.75) is 32.9 Å². The third-order valence-electron chi connectivity index (χ3n) is 4.84. The van der Waals surface area contributed by atoms with E-state index in [0.29, 0.717) is 19.5 Å². The molecule has 1 aromatic heterocycles. The number of imidazole rings is 1. The first-order chi connectivity index (χ1) is 12.1. The first kappa shape index (κ1) is 15.7. The fraction of sp³-hybridized carbons (Fsp3) is 0.300. The Morgan fingerprint density at radius 2 is 1.72 bits per heavy atom. The molecule has 25 heavy (non-hydrogen) atoms. The van der Waals surface area contributed by atoms with Gasteiger partial charge in [-0.1, -0.05) is 30.3 Å². The number of aromatic amines is 1. The maximum absolute atomic E-state index is 12.3. The molecule has 0 radical (unpaired) electrons. The van der Waals surface area contributed by atoms with Crippen molar-refractivity contribution in [3.8, 4) is 0 Å². The van der Waals surface area contributed by atoms with E-state index in [1.54, 1.807) is 4.57 Å². The molecule has 0 atom stereocenters. The Kier molecular flexibility index (Phi) is 3.92. The zero-order valence-electron chi connectivity index (χ0n) is 14.3. The van der Waals surface area contributed by atoms with Crippen LogP contribution in [0.2, 0.25) is 0 Å². The van der Waals surface area contributed by atoms with Crippen molar-refractivity contribution in [3.63, 3.8) is 0 Å². The number of likely N-dealkylation sites (tertiary alicyclic amines) is 1. The summed E-state index contributed by atoms with van der Waals surface area (Å²) in [4.78, 5) is 28.8. The van der Waals surface area contributed by atoms with Crippen LogP contribution in [0.15, 0.2) is 47.3 Å². The molecule has 5 nitrogen and oxygen atoms in total. The molecule has 1 aliphatic rings. The summed E-state index contributed by atoms with van der Waals surface area (Å²) in [6.07, 6.45) is 1.63. The minimum atomic E-state index is -0.0904. The minimum Gasteiger partial charge on any atom is -0.338 e. The Hall–Kier alpha value is -2.82. The minimum absolute atomic E-state index is 0.0904. The summed E-state index contributed by atoms with van der Waals surface area (Å²) in [5.41, 5.74) is 5.02. The number of hydrogen-bond donors (Lipinski definition) is 1. The normalized spacial score (nSPS) is 14.6. The Labute approximate surface area is 145 Å². The Morgan fingerprint density at radius 3 is 2.40 bits per heavy atom. The van der Waals surface area contributed by atoms with Crippen LogP contribution in [-0.4, -0.2) is 26.9 Å². The van der Waals surface area contributed by atoms with Crippen LogP contribution >= 0.6 is 0 Å². The van der Waals surface area contributed by atoms with Gasteiger partial charge in [0, 0.05) is 19.5 Å². The number of carbonyl (C=O) groups excluding carboxylic acids is 1. The number of fused-ring (bicyclic) bond motifs is 1. The molecule has 1 saturated heterocycles. The molecule has 0 spiro atoms. The lowest BCUT2D eigenvalue weighted by Gasteiger charge is -2.15. The van der Waals surface area contributed by atoms with Gasteiger partial charge in [-0.25, -0.2) is 4.79 Å². The fourth-order valence-corrected chi connectivity index (χ4v) is 3.46. The molecule has 128 valence electrons. The van der Waals surface area contributed by atoms with Gasteiger partial charge in [-0.3, -0.25) is 9.36 Å². The van der Waals surface area contributed by atoms with Crippen LogP contribution in [0.25, 0.3) is 11.0 Å². The molecule has 1 fully saturated rings. The molecule has 3 aromatic rings. The molecular formula is C20H21N3O2. The number of nitrogens with zero attached hydrogens (tertiary/aromatic N) is 2. The van der Waals surface area contributed by atoms with Crippen LogP contribution < -0.4 is 5.69 Å². The van der Waals surface area contributed by atoms with Gasteiger partial charge in [-0.2, -0.15) is 0 Å². The van der Waals surface area contributed by atoms with E-state index >= 15 is 0 Å². The lowest BCUT2D eigenvalue weighted by atomic mass is 10.1. The van der Waals surface area contributed by atoms with Crippen LogP contribution in [0.4, 0.5) is 0 Å². The lowest BCUT2D eigenvalue weighted by Crippen LogP contribution is -2.23. The molecule has 4 rings (SSSR count). The summed E-state index contributed by atoms with van der Waals surface area (Å²) in [6.45, 7) is 4.07. The van der Waals surface area contributed by atoms with Crippen molar-refractivity contribution in [3.05, 3.63) is 69.6 Å². The fourth-order valence-electron chi connectivity index (χ4n) is 3.46. The van der Waals surface area contributed by atoms with Gasteiger partial charge in [-0.15, -0.1) is 0 Å². The molecule has 1 aliphatic heterocycles. The van der Waals surface area contributed by atoms with Crippen molar-refractivity contribution in [1.29, 1.82) is 0 Å². The van der Waals surface area contributed by atoms with Crippen molar-refractivity contribution in [1.82, 2.24) is 14.5 Å². The Bertz CT molecular complexity index is 982. The number of benzene rings is 2. The van der Waals surface area contributed by atoms with Gasteiger partial charge in [0.25, 0.3) is 0 Å². The van der Waals surface area contributed by atoms with E-state index in [2.05, 4.69) is 4.98 Å². The van der Waals surface area contributed by atoms with E-state index in [1.807, 2.05) is 54.3 Å². The van der Waals surface area contributed by atoms with E-state index in [-0.39, 0.29) is 11.6 Å². The molecule has 1 N–H and O–H groups in total. The van der Waals surface area contributed by atoms with Gasteiger partial charge in [0.15, 0.2) is 0 Å². The quantitative estimate of drug-likeness (QED) is 0.797. The second-order valence-corrected chi connectivity index (χ2v) is 6.77. The third-order valence-corrected chi connectivity index (χ3v) is 4.84. The molecule has 0 saturated carbocycles. The molecule has 0 unspecified atom stereocenters. The maximum atomic E-state index is 12.3. The highest BCUT2D eigenvalue weighted by atomic mass is 16.2. The van der Waals surface area contributed by atoms with Crippen molar-refractivity contribution < 1.29 is 4.79 Å². The van der Waals surface area contributed by atoms with Gasteiger partial charge in [-0.05, 0) is 42.2 Å². The zero-order chi connectivity index (χ0) is 17.4. The standard InChI is InChI=1S/C20H21N3O2/c1-14-4-9-18-17(11-14)21-20(25)23(18)13-16-7-5-15(6-8-16)12-22-10-2-3-19(22)24/h4-9,11H,2-3,10,12-13H2,1H3,(H,21,25). The zero-order valence-corrected chi connectivity index (χ0v) is 14.3. The summed E-state index contributed by atoms with van der Waals surface area (Å²) in [5, 5.41) is 0. The summed E-state index contributed by atoms with van der Waals surface area (Å²) in [6, 6.07) is 14.2. The predicted octanol–water partition coefficient (Wildman–Crippen LogP) is 2.81. The number of H-pyrrole nitrogens is 1. The molecule has 0 bridgehead atoms. The number of hydrogen-bond acceptors (Lipinski definition) is 2. The molecule has 2 aromatic carbocycles. The highest BCUT2D eigenvalue weighted by Crippen LogP contribution is 2.17. The second kappa shape index (κ2) is 6.24. The number of carbonyl (C=O) groups is 1. The first-order valence-corrected chi connectivity index (χ1v) is 8.65. The largest absolute Gasteiger partial charge is 0.338 e. The smallest absolute Gasteiger partial charge is 0.326 e. The summed E-state index contributed by atoms with van der Waals surface area (Å²) in [5.74, 6) is 0.240. The van der Waals surface area contributed by atoms with Crippen LogP contribution in [0.3, 0.4) is 0 Å². The first-order valence-electron chi connectivity index (χ1n) is 8.65. The van der Waals surface area contributed by atoms with E-state index in [4.69, 9.17) is 0 Å². The van der Waals surface area contributed by atoms with Gasteiger partial charge < -0.3 is 9.88 Å². The predicted molar refractivity (Wildman–Crippen MR) is 97.5 cm³/mol. The number of aromatic nitrogens is 2. The average molecular weight is 335 g/mol. The topological polar surface area (TPSA) is 58.1 Å². The number of amides is 1. The molecule has 1 amide bonds. The summed E-state index contributed by atoms with van der Waals surface area (Å²) >= 11 is 0. The summed E-state index contributed by atoms with van der Waals surface area (Å²) < 4.78 is 1.76. The third kappa shape index (κ3) is 3.09. The van der Waals surface area contributed by atoms with E-state index in [9.17, 15) is 9.59 Å². The van der Waals surface area contributed by atoms with Crippen LogP contribution in [0.1, 0.15) is 29.5 Å². The van der Waals surface area contributed by atoms with Gasteiger partial charge in [0.05, 0.1) is 17.6 Å². The van der Waals surface area contributed by atoms with Crippen LogP contribution in [0.5, 0.6) is 0 Å². The average Bonchev–Trinajstić information content (AvgIpc) is 3.12. The van der Waals surface area contributed by atoms with E-state index < -0.39 is 0 Å². The molecule has 5 heteroatoms. The van der Waals surface area contributed by atoms with Crippen molar-refractivity contribution >= 4 is 16.9 Å². The maximum Gasteiger partial charge on any atom is 0.326 e.